The molecule has 0 spiro atoms. The highest BCUT2D eigenvalue weighted by atomic mass is 32.1. The van der Waals surface area contributed by atoms with Crippen LogP contribution in [-0.4, -0.2) is 71.0 Å². The molecule has 0 heterocycles. The van der Waals surface area contributed by atoms with Gasteiger partial charge in [-0.3, -0.25) is 14.6 Å². The molecule has 12 heteroatoms. The molecule has 0 unspecified atom stereocenters. The lowest BCUT2D eigenvalue weighted by molar-refractivity contribution is -0.142. The summed E-state index contributed by atoms with van der Waals surface area (Å²) in [6.07, 6.45) is 0.385. The molecule has 0 rings (SSSR count). The van der Waals surface area contributed by atoms with E-state index in [4.69, 9.17) is 22.3 Å². The molecule has 0 saturated heterocycles. The number of thiol groups is 1. The van der Waals surface area contributed by atoms with Crippen LogP contribution in [0, 0.1) is 0 Å². The summed E-state index contributed by atoms with van der Waals surface area (Å²) >= 11 is 3.85. The molecule has 0 aliphatic heterocycles. The number of carboxylic acids is 1. The molecule has 24 heavy (non-hydrogen) atoms. The minimum Gasteiger partial charge on any atom is -0.480 e. The Morgan fingerprint density at radius 2 is 1.71 bits per heavy atom. The van der Waals surface area contributed by atoms with Crippen LogP contribution in [0.15, 0.2) is 4.99 Å². The third-order valence-corrected chi connectivity index (χ3v) is 3.30. The Bertz CT molecular complexity index is 471. The Balaban J connectivity index is 4.64. The van der Waals surface area contributed by atoms with Crippen molar-refractivity contribution < 1.29 is 24.6 Å². The van der Waals surface area contributed by atoms with Crippen molar-refractivity contribution in [2.75, 3.05) is 18.9 Å². The molecule has 0 fully saturated rings. The molecule has 138 valence electrons. The van der Waals surface area contributed by atoms with Crippen molar-refractivity contribution in [1.82, 2.24) is 10.6 Å². The van der Waals surface area contributed by atoms with Gasteiger partial charge in [-0.15, -0.1) is 0 Å². The lowest BCUT2D eigenvalue weighted by Gasteiger charge is -2.21. The van der Waals surface area contributed by atoms with Crippen LogP contribution < -0.4 is 27.8 Å². The smallest absolute Gasteiger partial charge is 0.326 e. The number of guanidine groups is 1. The quantitative estimate of drug-likeness (QED) is 0.0791. The van der Waals surface area contributed by atoms with Gasteiger partial charge >= 0.3 is 5.97 Å². The average molecular weight is 364 g/mol. The third-order valence-electron chi connectivity index (χ3n) is 2.91. The van der Waals surface area contributed by atoms with E-state index in [1.54, 1.807) is 0 Å². The fourth-order valence-corrected chi connectivity index (χ4v) is 1.75. The molecule has 0 aromatic heterocycles. The van der Waals surface area contributed by atoms with E-state index < -0.39 is 42.5 Å². The van der Waals surface area contributed by atoms with Gasteiger partial charge in [-0.25, -0.2) is 4.79 Å². The highest BCUT2D eigenvalue weighted by Crippen LogP contribution is 2.00. The summed E-state index contributed by atoms with van der Waals surface area (Å²) in [6.45, 7) is -0.504. The van der Waals surface area contributed by atoms with E-state index in [-0.39, 0.29) is 24.7 Å². The summed E-state index contributed by atoms with van der Waals surface area (Å²) in [5, 5.41) is 22.8. The standard InChI is InChI=1S/C12H24N6O5S/c13-6(5-24)9(20)18-8(4-19)10(21)17-7(11(22)23)2-1-3-16-12(14)15/h6-8,19,24H,1-5,13H2,(H,17,21)(H,18,20)(H,22,23)(H4,14,15,16)/t6-,7-,8-/m0/s1. The van der Waals surface area contributed by atoms with E-state index in [1.165, 1.54) is 0 Å². The van der Waals surface area contributed by atoms with Gasteiger partial charge < -0.3 is 38.0 Å². The minimum absolute atomic E-state index is 0.0497. The summed E-state index contributed by atoms with van der Waals surface area (Å²) in [5.41, 5.74) is 15.7. The second kappa shape index (κ2) is 11.5. The highest BCUT2D eigenvalue weighted by molar-refractivity contribution is 7.80. The lowest BCUT2D eigenvalue weighted by Crippen LogP contribution is -2.56. The molecule has 0 aliphatic rings. The molecule has 0 bridgehead atoms. The van der Waals surface area contributed by atoms with Crippen molar-refractivity contribution in [2.24, 2.45) is 22.2 Å². The molecule has 0 aromatic carbocycles. The number of nitrogens with zero attached hydrogens (tertiary/aromatic N) is 1. The van der Waals surface area contributed by atoms with Crippen molar-refractivity contribution in [3.05, 3.63) is 0 Å². The second-order valence-electron chi connectivity index (χ2n) is 4.88. The molecule has 0 saturated carbocycles. The van der Waals surface area contributed by atoms with Crippen LogP contribution in [0.5, 0.6) is 0 Å². The predicted octanol–water partition coefficient (Wildman–Crippen LogP) is -3.66. The van der Waals surface area contributed by atoms with Crippen molar-refractivity contribution >= 4 is 36.4 Å². The van der Waals surface area contributed by atoms with E-state index in [9.17, 15) is 19.5 Å². The van der Waals surface area contributed by atoms with Crippen LogP contribution in [-0.2, 0) is 14.4 Å². The zero-order valence-electron chi connectivity index (χ0n) is 13.0. The maximum absolute atomic E-state index is 12.0. The van der Waals surface area contributed by atoms with Gasteiger partial charge in [0.1, 0.15) is 12.1 Å². The molecule has 10 N–H and O–H groups in total. The number of carbonyl (C=O) groups excluding carboxylic acids is 2. The van der Waals surface area contributed by atoms with E-state index in [2.05, 4.69) is 28.3 Å². The molecule has 3 atom stereocenters. The number of hydrogen-bond donors (Lipinski definition) is 8. The van der Waals surface area contributed by atoms with Gasteiger partial charge in [-0.05, 0) is 12.8 Å². The zero-order chi connectivity index (χ0) is 18.7. The first kappa shape index (κ1) is 21.9. The fraction of sp³-hybridized carbons (Fsp3) is 0.667. The number of aliphatic hydroxyl groups excluding tert-OH is 1. The fourth-order valence-electron chi connectivity index (χ4n) is 1.59. The zero-order valence-corrected chi connectivity index (χ0v) is 13.9. The van der Waals surface area contributed by atoms with Gasteiger partial charge in [0.25, 0.3) is 0 Å². The Hall–Kier alpha value is -2.05. The number of amides is 2. The number of rotatable bonds is 11. The summed E-state index contributed by atoms with van der Waals surface area (Å²) in [6, 6.07) is -3.48. The van der Waals surface area contributed by atoms with Crippen LogP contribution in [0.3, 0.4) is 0 Å². The maximum atomic E-state index is 12.0. The predicted molar refractivity (Wildman–Crippen MR) is 90.3 cm³/mol. The number of aliphatic imine (C=N–C) groups is 1. The van der Waals surface area contributed by atoms with Gasteiger partial charge in [0.05, 0.1) is 12.6 Å². The van der Waals surface area contributed by atoms with Gasteiger partial charge in [-0.1, -0.05) is 0 Å². The van der Waals surface area contributed by atoms with Crippen molar-refractivity contribution in [3.63, 3.8) is 0 Å². The number of aliphatic hydroxyl groups is 1. The van der Waals surface area contributed by atoms with Crippen LogP contribution in [0.2, 0.25) is 0 Å². The van der Waals surface area contributed by atoms with E-state index in [0.717, 1.165) is 0 Å². The number of nitrogens with two attached hydrogens (primary N) is 3. The van der Waals surface area contributed by atoms with Gasteiger partial charge in [-0.2, -0.15) is 12.6 Å². The molecule has 0 aliphatic carbocycles. The number of hydrogen-bond acceptors (Lipinski definition) is 7. The lowest BCUT2D eigenvalue weighted by atomic mass is 10.1. The Morgan fingerprint density at radius 3 is 2.17 bits per heavy atom. The van der Waals surface area contributed by atoms with Crippen LogP contribution in [0.4, 0.5) is 0 Å². The number of nitrogens with one attached hydrogen (secondary N) is 2. The number of carboxylic acid groups (broad SMARTS) is 1. The van der Waals surface area contributed by atoms with Gasteiger partial charge in [0, 0.05) is 12.3 Å². The van der Waals surface area contributed by atoms with Crippen molar-refractivity contribution in [3.8, 4) is 0 Å². The summed E-state index contributed by atoms with van der Waals surface area (Å²) in [5.74, 6) is -2.85. The summed E-state index contributed by atoms with van der Waals surface area (Å²) in [7, 11) is 0. The van der Waals surface area contributed by atoms with Crippen LogP contribution in [0.1, 0.15) is 12.8 Å². The molecular formula is C12H24N6O5S. The molecule has 2 amide bonds. The van der Waals surface area contributed by atoms with Crippen LogP contribution >= 0.6 is 12.6 Å². The minimum atomic E-state index is -1.32. The number of carbonyl (C=O) groups is 3. The maximum Gasteiger partial charge on any atom is 0.326 e. The first-order valence-electron chi connectivity index (χ1n) is 7.09. The Kier molecular flexibility index (Phi) is 10.5. The van der Waals surface area contributed by atoms with E-state index in [1.807, 2.05) is 0 Å². The SMILES string of the molecule is NC(N)=NCCC[C@H](NC(=O)[C@H](CO)NC(=O)[C@@H](N)CS)C(=O)O. The largest absolute Gasteiger partial charge is 0.480 e. The second-order valence-corrected chi connectivity index (χ2v) is 5.25. The first-order chi connectivity index (χ1) is 11.2. The molecule has 0 radical (unpaired) electrons. The number of aliphatic carboxylic acids is 1. The van der Waals surface area contributed by atoms with Crippen LogP contribution in [0.25, 0.3) is 0 Å². The molecular weight excluding hydrogens is 340 g/mol. The summed E-state index contributed by atoms with van der Waals surface area (Å²) in [4.78, 5) is 38.5. The monoisotopic (exact) mass is 364 g/mol. The van der Waals surface area contributed by atoms with Gasteiger partial charge in [0.2, 0.25) is 11.8 Å². The Morgan fingerprint density at radius 1 is 1.12 bits per heavy atom. The molecule has 11 nitrogen and oxygen atoms in total. The van der Waals surface area contributed by atoms with Crippen molar-refractivity contribution in [2.45, 2.75) is 31.0 Å². The third kappa shape index (κ3) is 8.55. The topological polar surface area (TPSA) is 206 Å². The normalized spacial score (nSPS) is 14.1. The van der Waals surface area contributed by atoms with Gasteiger partial charge in [0.15, 0.2) is 5.96 Å². The summed E-state index contributed by atoms with van der Waals surface area (Å²) < 4.78 is 0. The first-order valence-corrected chi connectivity index (χ1v) is 7.72. The van der Waals surface area contributed by atoms with Crippen molar-refractivity contribution in [1.29, 1.82) is 0 Å². The Labute approximate surface area is 144 Å². The average Bonchev–Trinajstić information content (AvgIpc) is 2.53. The highest BCUT2D eigenvalue weighted by Gasteiger charge is 2.26. The molecule has 0 aromatic rings. The van der Waals surface area contributed by atoms with E-state index >= 15 is 0 Å². The van der Waals surface area contributed by atoms with E-state index in [0.29, 0.717) is 6.42 Å².